The molecule has 62 heavy (non-hydrogen) atoms. The van der Waals surface area contributed by atoms with Gasteiger partial charge < -0.3 is 8.98 Å². The maximum Gasteiger partial charge on any atom is 0.164 e. The zero-order valence-corrected chi connectivity index (χ0v) is 33.5. The number of benzene rings is 9. The molecule has 0 saturated heterocycles. The first kappa shape index (κ1) is 35.5. The fraction of sp³-hybridized carbons (Fsp3) is 0. The lowest BCUT2D eigenvalue weighted by atomic mass is 9.98. The van der Waals surface area contributed by atoms with Crippen LogP contribution in [-0.2, 0) is 0 Å². The first-order chi connectivity index (χ1) is 30.7. The highest BCUT2D eigenvalue weighted by molar-refractivity contribution is 6.14. The summed E-state index contributed by atoms with van der Waals surface area (Å²) in [6, 6.07) is 76.2. The van der Waals surface area contributed by atoms with Crippen molar-refractivity contribution >= 4 is 43.7 Å². The molecule has 5 nitrogen and oxygen atoms in total. The molecule has 0 aliphatic carbocycles. The van der Waals surface area contributed by atoms with E-state index in [1.807, 2.05) is 30.3 Å². The molecule has 5 heteroatoms. The van der Waals surface area contributed by atoms with E-state index in [4.69, 9.17) is 19.4 Å². The van der Waals surface area contributed by atoms with Gasteiger partial charge in [0.25, 0.3) is 0 Å². The lowest BCUT2D eigenvalue weighted by molar-refractivity contribution is 0.669. The quantitative estimate of drug-likeness (QED) is 0.161. The van der Waals surface area contributed by atoms with Gasteiger partial charge in [-0.15, -0.1) is 0 Å². The summed E-state index contributed by atoms with van der Waals surface area (Å²) in [5.74, 6) is 1.78. The molecule has 12 aromatic rings. The SMILES string of the molecule is c1ccc(-c2ccc(-c3nc(-c4ccccc4-c4ccccc4)nc(-c4cccc5oc6ccc(-c7ccc8c(c7)c7ccccc7n8-c7ccccc7)cc6c45)n3)cc2)cc1. The van der Waals surface area contributed by atoms with Crippen molar-refractivity contribution in [2.75, 3.05) is 0 Å². The van der Waals surface area contributed by atoms with E-state index in [0.717, 1.165) is 77.7 Å². The van der Waals surface area contributed by atoms with Crippen LogP contribution >= 0.6 is 0 Å². The molecule has 0 aliphatic heterocycles. The zero-order chi connectivity index (χ0) is 41.0. The van der Waals surface area contributed by atoms with Crippen LogP contribution in [0.3, 0.4) is 0 Å². The number of rotatable bonds is 7. The summed E-state index contributed by atoms with van der Waals surface area (Å²) in [6.07, 6.45) is 0. The third kappa shape index (κ3) is 6.06. The second kappa shape index (κ2) is 14.7. The van der Waals surface area contributed by atoms with Gasteiger partial charge in [-0.25, -0.2) is 15.0 Å². The molecule has 0 fully saturated rings. The van der Waals surface area contributed by atoms with Crippen molar-refractivity contribution in [2.45, 2.75) is 0 Å². The summed E-state index contributed by atoms with van der Waals surface area (Å²) in [6.45, 7) is 0. The molecule has 12 rings (SSSR count). The molecule has 9 aromatic carbocycles. The summed E-state index contributed by atoms with van der Waals surface area (Å²) in [7, 11) is 0. The van der Waals surface area contributed by atoms with Crippen molar-refractivity contribution in [1.29, 1.82) is 0 Å². The van der Waals surface area contributed by atoms with Crippen LogP contribution in [0, 0.1) is 0 Å². The largest absolute Gasteiger partial charge is 0.456 e. The van der Waals surface area contributed by atoms with Gasteiger partial charge in [0.2, 0.25) is 0 Å². The standard InChI is InChI=1S/C57H36N4O/c1-4-15-37(16-5-1)38-27-29-40(30-28-38)55-58-56(46-23-11-10-21-44(46)39-17-6-2-7-18-39)60-57(59-55)47-24-14-26-53-54(47)49-36-42(32-34-52(49)62-53)41-31-33-51-48(35-41)45-22-12-13-25-50(45)61(51)43-19-8-3-9-20-43/h1-36H. The Morgan fingerprint density at radius 1 is 0.306 bits per heavy atom. The van der Waals surface area contributed by atoms with Crippen LogP contribution in [0.1, 0.15) is 0 Å². The normalized spacial score (nSPS) is 11.5. The summed E-state index contributed by atoms with van der Waals surface area (Å²) in [5, 5.41) is 4.39. The second-order valence-corrected chi connectivity index (χ2v) is 15.6. The number of nitrogens with zero attached hydrogens (tertiary/aromatic N) is 4. The Balaban J connectivity index is 1.03. The Bertz CT molecular complexity index is 3610. The molecule has 0 bridgehead atoms. The minimum Gasteiger partial charge on any atom is -0.456 e. The summed E-state index contributed by atoms with van der Waals surface area (Å²) < 4.78 is 8.92. The van der Waals surface area contributed by atoms with E-state index in [9.17, 15) is 0 Å². The van der Waals surface area contributed by atoms with Crippen molar-refractivity contribution in [1.82, 2.24) is 19.5 Å². The highest BCUT2D eigenvalue weighted by atomic mass is 16.3. The molecule has 290 valence electrons. The predicted molar refractivity (Wildman–Crippen MR) is 254 cm³/mol. The fourth-order valence-electron chi connectivity index (χ4n) is 8.94. The number of hydrogen-bond acceptors (Lipinski definition) is 4. The average molecular weight is 793 g/mol. The van der Waals surface area contributed by atoms with Gasteiger partial charge in [-0.2, -0.15) is 0 Å². The number of fused-ring (bicyclic) bond motifs is 6. The molecule has 0 radical (unpaired) electrons. The van der Waals surface area contributed by atoms with Crippen LogP contribution in [-0.4, -0.2) is 19.5 Å². The first-order valence-corrected chi connectivity index (χ1v) is 20.8. The molecule has 0 N–H and O–H groups in total. The minimum absolute atomic E-state index is 0.578. The molecule has 0 atom stereocenters. The van der Waals surface area contributed by atoms with E-state index in [2.05, 4.69) is 193 Å². The first-order valence-electron chi connectivity index (χ1n) is 20.8. The maximum atomic E-state index is 6.57. The van der Waals surface area contributed by atoms with Gasteiger partial charge in [0.1, 0.15) is 11.2 Å². The summed E-state index contributed by atoms with van der Waals surface area (Å²) in [4.78, 5) is 15.7. The van der Waals surface area contributed by atoms with Crippen LogP contribution < -0.4 is 0 Å². The van der Waals surface area contributed by atoms with Crippen molar-refractivity contribution in [2.24, 2.45) is 0 Å². The Morgan fingerprint density at radius 2 is 0.839 bits per heavy atom. The molecule has 0 amide bonds. The van der Waals surface area contributed by atoms with Crippen molar-refractivity contribution in [3.63, 3.8) is 0 Å². The van der Waals surface area contributed by atoms with Gasteiger partial charge in [0, 0.05) is 43.9 Å². The van der Waals surface area contributed by atoms with E-state index < -0.39 is 0 Å². The lowest BCUT2D eigenvalue weighted by Crippen LogP contribution is -2.01. The Morgan fingerprint density at radius 3 is 1.61 bits per heavy atom. The van der Waals surface area contributed by atoms with Gasteiger partial charge in [0.05, 0.1) is 11.0 Å². The second-order valence-electron chi connectivity index (χ2n) is 15.6. The number of hydrogen-bond donors (Lipinski definition) is 0. The van der Waals surface area contributed by atoms with Crippen LogP contribution in [0.2, 0.25) is 0 Å². The molecule has 0 spiro atoms. The van der Waals surface area contributed by atoms with Crippen molar-refractivity contribution in [3.8, 4) is 73.2 Å². The molecular formula is C57H36N4O. The predicted octanol–water partition coefficient (Wildman–Crippen LogP) is 14.9. The molecule has 0 saturated carbocycles. The van der Waals surface area contributed by atoms with Crippen molar-refractivity contribution in [3.05, 3.63) is 218 Å². The van der Waals surface area contributed by atoms with E-state index in [0.29, 0.717) is 17.5 Å². The third-order valence-corrected chi connectivity index (χ3v) is 11.9. The number of aromatic nitrogens is 4. The monoisotopic (exact) mass is 792 g/mol. The zero-order valence-electron chi connectivity index (χ0n) is 33.5. The Labute approximate surface area is 357 Å². The smallest absolute Gasteiger partial charge is 0.164 e. The van der Waals surface area contributed by atoms with Crippen LogP contribution in [0.15, 0.2) is 223 Å². The average Bonchev–Trinajstić information content (AvgIpc) is 3.90. The minimum atomic E-state index is 0.578. The van der Waals surface area contributed by atoms with E-state index in [-0.39, 0.29) is 0 Å². The molecule has 0 unspecified atom stereocenters. The maximum absolute atomic E-state index is 6.57. The topological polar surface area (TPSA) is 56.7 Å². The molecule has 3 aromatic heterocycles. The summed E-state index contributed by atoms with van der Waals surface area (Å²) >= 11 is 0. The van der Waals surface area contributed by atoms with Crippen LogP contribution in [0.5, 0.6) is 0 Å². The molecular weight excluding hydrogens is 757 g/mol. The highest BCUT2D eigenvalue weighted by Crippen LogP contribution is 2.41. The van der Waals surface area contributed by atoms with Crippen LogP contribution in [0.25, 0.3) is 117 Å². The summed E-state index contributed by atoms with van der Waals surface area (Å²) in [5.41, 5.74) is 14.4. The van der Waals surface area contributed by atoms with Crippen molar-refractivity contribution < 1.29 is 4.42 Å². The third-order valence-electron chi connectivity index (χ3n) is 11.9. The fourth-order valence-corrected chi connectivity index (χ4v) is 8.94. The van der Waals surface area contributed by atoms with Gasteiger partial charge in [0.15, 0.2) is 17.5 Å². The van der Waals surface area contributed by atoms with Gasteiger partial charge in [-0.1, -0.05) is 170 Å². The van der Waals surface area contributed by atoms with Gasteiger partial charge >= 0.3 is 0 Å². The van der Waals surface area contributed by atoms with E-state index in [1.165, 1.54) is 21.8 Å². The van der Waals surface area contributed by atoms with Gasteiger partial charge in [-0.3, -0.25) is 0 Å². The van der Waals surface area contributed by atoms with Crippen LogP contribution in [0.4, 0.5) is 0 Å². The number of furan rings is 1. The van der Waals surface area contributed by atoms with E-state index >= 15 is 0 Å². The number of para-hydroxylation sites is 2. The molecule has 3 heterocycles. The Kier molecular flexibility index (Phi) is 8.42. The Hall–Kier alpha value is -8.41. The lowest BCUT2D eigenvalue weighted by Gasteiger charge is -2.13. The molecule has 0 aliphatic rings. The van der Waals surface area contributed by atoms with E-state index in [1.54, 1.807) is 0 Å². The van der Waals surface area contributed by atoms with Gasteiger partial charge in [-0.05, 0) is 81.9 Å². The highest BCUT2D eigenvalue weighted by Gasteiger charge is 2.20.